The molecule has 0 radical (unpaired) electrons. The zero-order valence-corrected chi connectivity index (χ0v) is 20.6. The highest BCUT2D eigenvalue weighted by atomic mass is 127. The van der Waals surface area contributed by atoms with Crippen molar-refractivity contribution in [1.29, 1.82) is 0 Å². The van der Waals surface area contributed by atoms with E-state index in [9.17, 15) is 16.8 Å². The molecule has 3 aromatic rings. The van der Waals surface area contributed by atoms with Crippen molar-refractivity contribution in [1.82, 2.24) is 4.83 Å². The Kier molecular flexibility index (Phi) is 7.74. The first kappa shape index (κ1) is 24.0. The van der Waals surface area contributed by atoms with Crippen molar-refractivity contribution >= 4 is 48.9 Å². The standard InChI is InChI=1S/C21H19IN2O6S2/c1-2-29-20-14-16(15-23-24-31(25,26)17-9-5-3-6-10-17)13-19(22)21(20)30-32(27,28)18-11-7-4-8-12-18/h3-15,24H,2H2,1H3/b23-15-. The molecule has 0 amide bonds. The first-order valence-electron chi connectivity index (χ1n) is 9.29. The average molecular weight is 586 g/mol. The van der Waals surface area contributed by atoms with Crippen LogP contribution in [-0.4, -0.2) is 29.7 Å². The SMILES string of the molecule is CCOc1cc(/C=N\NS(=O)(=O)c2ccccc2)cc(I)c1OS(=O)(=O)c1ccccc1. The maximum absolute atomic E-state index is 12.6. The Labute approximate surface area is 200 Å². The fourth-order valence-electron chi connectivity index (χ4n) is 2.57. The number of hydrazone groups is 1. The van der Waals surface area contributed by atoms with E-state index in [0.29, 0.717) is 9.13 Å². The lowest BCUT2D eigenvalue weighted by molar-refractivity contribution is 0.327. The molecule has 168 valence electrons. The van der Waals surface area contributed by atoms with E-state index in [1.54, 1.807) is 49.4 Å². The second kappa shape index (κ2) is 10.3. The van der Waals surface area contributed by atoms with Crippen molar-refractivity contribution in [2.45, 2.75) is 16.7 Å². The minimum Gasteiger partial charge on any atom is -0.490 e. The average Bonchev–Trinajstić information content (AvgIpc) is 2.77. The predicted octanol–water partition coefficient (Wildman–Crippen LogP) is 3.77. The number of benzene rings is 3. The number of nitrogens with zero attached hydrogens (tertiary/aromatic N) is 1. The monoisotopic (exact) mass is 586 g/mol. The van der Waals surface area contributed by atoms with Gasteiger partial charge in [-0.2, -0.15) is 21.9 Å². The van der Waals surface area contributed by atoms with E-state index in [-0.39, 0.29) is 27.9 Å². The summed E-state index contributed by atoms with van der Waals surface area (Å²) in [6.45, 7) is 2.01. The van der Waals surface area contributed by atoms with Gasteiger partial charge < -0.3 is 8.92 Å². The number of hydrogen-bond acceptors (Lipinski definition) is 7. The van der Waals surface area contributed by atoms with Gasteiger partial charge in [0.15, 0.2) is 11.5 Å². The van der Waals surface area contributed by atoms with Crippen LogP contribution < -0.4 is 13.8 Å². The molecule has 0 aliphatic rings. The normalized spacial score (nSPS) is 11.9. The molecule has 0 unspecified atom stereocenters. The highest BCUT2D eigenvalue weighted by Crippen LogP contribution is 2.36. The van der Waals surface area contributed by atoms with Gasteiger partial charge in [0.05, 0.1) is 21.3 Å². The number of hydrogen-bond donors (Lipinski definition) is 1. The highest BCUT2D eigenvalue weighted by molar-refractivity contribution is 14.1. The van der Waals surface area contributed by atoms with E-state index in [1.165, 1.54) is 36.5 Å². The minimum absolute atomic E-state index is 0.0132. The largest absolute Gasteiger partial charge is 0.490 e. The molecule has 3 rings (SSSR count). The molecule has 0 atom stereocenters. The summed E-state index contributed by atoms with van der Waals surface area (Å²) in [4.78, 5) is 2.23. The van der Waals surface area contributed by atoms with Gasteiger partial charge in [0.1, 0.15) is 4.90 Å². The topological polar surface area (TPSA) is 111 Å². The lowest BCUT2D eigenvalue weighted by atomic mass is 10.2. The molecule has 8 nitrogen and oxygen atoms in total. The van der Waals surface area contributed by atoms with Gasteiger partial charge in [-0.05, 0) is 71.5 Å². The first-order chi connectivity index (χ1) is 15.2. The quantitative estimate of drug-likeness (QED) is 0.177. The zero-order chi connectivity index (χ0) is 23.2. The van der Waals surface area contributed by atoms with Crippen molar-refractivity contribution in [3.63, 3.8) is 0 Å². The van der Waals surface area contributed by atoms with Crippen LogP contribution in [0.15, 0.2) is 87.7 Å². The first-order valence-corrected chi connectivity index (χ1v) is 13.3. The van der Waals surface area contributed by atoms with Crippen LogP contribution in [0, 0.1) is 3.57 Å². The van der Waals surface area contributed by atoms with Crippen molar-refractivity contribution < 1.29 is 25.8 Å². The molecule has 0 fully saturated rings. The van der Waals surface area contributed by atoms with Gasteiger partial charge in [-0.1, -0.05) is 36.4 Å². The summed E-state index contributed by atoms with van der Waals surface area (Å²) in [6, 6.07) is 18.7. The minimum atomic E-state index is -4.07. The van der Waals surface area contributed by atoms with E-state index in [2.05, 4.69) is 9.93 Å². The second-order valence-electron chi connectivity index (χ2n) is 6.28. The van der Waals surface area contributed by atoms with Crippen molar-refractivity contribution in [3.8, 4) is 11.5 Å². The van der Waals surface area contributed by atoms with Crippen LogP contribution in [0.3, 0.4) is 0 Å². The Morgan fingerprint density at radius 1 is 0.938 bits per heavy atom. The number of sulfonamides is 1. The summed E-state index contributed by atoms with van der Waals surface area (Å²) in [5, 5.41) is 3.80. The van der Waals surface area contributed by atoms with Gasteiger partial charge in [0, 0.05) is 0 Å². The molecule has 0 heterocycles. The summed E-state index contributed by atoms with van der Waals surface area (Å²) in [5.41, 5.74) is 0.484. The third-order valence-corrected chi connectivity index (χ3v) is 7.27. The number of halogens is 1. The van der Waals surface area contributed by atoms with Crippen molar-refractivity contribution in [3.05, 3.63) is 81.9 Å². The van der Waals surface area contributed by atoms with Crippen LogP contribution in [0.4, 0.5) is 0 Å². The smallest absolute Gasteiger partial charge is 0.339 e. The summed E-state index contributed by atoms with van der Waals surface area (Å²) >= 11 is 1.92. The zero-order valence-electron chi connectivity index (χ0n) is 16.8. The van der Waals surface area contributed by atoms with Crippen LogP contribution >= 0.6 is 22.6 Å². The van der Waals surface area contributed by atoms with Crippen molar-refractivity contribution in [2.24, 2.45) is 5.10 Å². The third-order valence-electron chi connectivity index (χ3n) is 4.00. The fourth-order valence-corrected chi connectivity index (χ4v) is 5.25. The van der Waals surface area contributed by atoms with E-state index < -0.39 is 20.1 Å². The summed E-state index contributed by atoms with van der Waals surface area (Å²) < 4.78 is 61.2. The molecular weight excluding hydrogens is 567 g/mol. The lowest BCUT2D eigenvalue weighted by Gasteiger charge is -2.14. The molecule has 3 aromatic carbocycles. The molecule has 0 aliphatic heterocycles. The highest BCUT2D eigenvalue weighted by Gasteiger charge is 2.22. The van der Waals surface area contributed by atoms with Gasteiger partial charge in [-0.3, -0.25) is 0 Å². The summed E-state index contributed by atoms with van der Waals surface area (Å²) in [7, 11) is -7.88. The van der Waals surface area contributed by atoms with Crippen LogP contribution in [-0.2, 0) is 20.1 Å². The van der Waals surface area contributed by atoms with Crippen LogP contribution in [0.5, 0.6) is 11.5 Å². The maximum Gasteiger partial charge on any atom is 0.339 e. The molecule has 0 saturated heterocycles. The van der Waals surface area contributed by atoms with Gasteiger partial charge in [0.2, 0.25) is 0 Å². The molecule has 0 spiro atoms. The van der Waals surface area contributed by atoms with Gasteiger partial charge in [-0.25, -0.2) is 4.83 Å². The van der Waals surface area contributed by atoms with E-state index in [1.807, 2.05) is 22.6 Å². The van der Waals surface area contributed by atoms with E-state index in [0.717, 1.165) is 0 Å². The summed E-state index contributed by atoms with van der Waals surface area (Å²) in [5.74, 6) is 0.226. The van der Waals surface area contributed by atoms with Crippen LogP contribution in [0.25, 0.3) is 0 Å². The van der Waals surface area contributed by atoms with Gasteiger partial charge >= 0.3 is 10.1 Å². The Hall–Kier alpha value is -2.64. The molecule has 1 N–H and O–H groups in total. The van der Waals surface area contributed by atoms with Crippen LogP contribution in [0.1, 0.15) is 12.5 Å². The molecular formula is C21H19IN2O6S2. The van der Waals surface area contributed by atoms with Gasteiger partial charge in [-0.15, -0.1) is 0 Å². The van der Waals surface area contributed by atoms with Gasteiger partial charge in [0.25, 0.3) is 10.0 Å². The Morgan fingerprint density at radius 3 is 2.12 bits per heavy atom. The predicted molar refractivity (Wildman–Crippen MR) is 129 cm³/mol. The molecule has 11 heteroatoms. The molecule has 0 bridgehead atoms. The Balaban J connectivity index is 1.86. The molecule has 32 heavy (non-hydrogen) atoms. The van der Waals surface area contributed by atoms with E-state index >= 15 is 0 Å². The summed E-state index contributed by atoms with van der Waals surface area (Å²) in [6.07, 6.45) is 1.29. The third kappa shape index (κ3) is 5.99. The molecule has 0 aromatic heterocycles. The molecule has 0 saturated carbocycles. The number of ether oxygens (including phenoxy) is 1. The number of rotatable bonds is 9. The number of nitrogens with one attached hydrogen (secondary N) is 1. The second-order valence-corrected chi connectivity index (χ2v) is 10.6. The lowest BCUT2D eigenvalue weighted by Crippen LogP contribution is -2.18. The van der Waals surface area contributed by atoms with Crippen LogP contribution in [0.2, 0.25) is 0 Å². The molecule has 0 aliphatic carbocycles. The Bertz CT molecular complexity index is 1310. The fraction of sp³-hybridized carbons (Fsp3) is 0.0952. The Morgan fingerprint density at radius 2 is 1.53 bits per heavy atom. The van der Waals surface area contributed by atoms with Crippen molar-refractivity contribution in [2.75, 3.05) is 6.61 Å². The maximum atomic E-state index is 12.6. The van der Waals surface area contributed by atoms with E-state index in [4.69, 9.17) is 8.92 Å².